The standard InChI is InChI=1S/C18H21N3/c1-14(13-20-15(2)12-19)17-6-8-18(9-7-17)16(3)21-10-4-5-11-21/h6-9,13,16H,1-2,4-5,10-11H2,3H3/b20-13+. The molecule has 0 radical (unpaired) electrons. The first-order valence-corrected chi connectivity index (χ1v) is 7.28. The Hall–Kier alpha value is -2.18. The van der Waals surface area contributed by atoms with Crippen LogP contribution in [0.2, 0.25) is 0 Å². The molecule has 108 valence electrons. The number of aliphatic imine (C=N–C) groups is 1. The molecule has 1 aromatic rings. The maximum absolute atomic E-state index is 8.62. The molecule has 1 aliphatic heterocycles. The number of hydrogen-bond acceptors (Lipinski definition) is 3. The Morgan fingerprint density at radius 3 is 2.48 bits per heavy atom. The van der Waals surface area contributed by atoms with Gasteiger partial charge in [-0.15, -0.1) is 0 Å². The predicted molar refractivity (Wildman–Crippen MR) is 87.9 cm³/mol. The third kappa shape index (κ3) is 3.90. The Balaban J connectivity index is 2.04. The SMILES string of the molecule is C=C(C#N)/N=C/C(=C)c1ccc(C(C)N2CCCC2)cc1. The van der Waals surface area contributed by atoms with Crippen molar-refractivity contribution in [2.45, 2.75) is 25.8 Å². The highest BCUT2D eigenvalue weighted by Crippen LogP contribution is 2.25. The van der Waals surface area contributed by atoms with Crippen molar-refractivity contribution in [3.05, 3.63) is 54.2 Å². The van der Waals surface area contributed by atoms with Gasteiger partial charge in [-0.2, -0.15) is 5.26 Å². The highest BCUT2D eigenvalue weighted by Gasteiger charge is 2.19. The van der Waals surface area contributed by atoms with Crippen molar-refractivity contribution in [3.8, 4) is 6.07 Å². The molecule has 21 heavy (non-hydrogen) atoms. The third-order valence-corrected chi connectivity index (χ3v) is 3.96. The second-order valence-corrected chi connectivity index (χ2v) is 5.38. The first-order chi connectivity index (χ1) is 10.1. The number of likely N-dealkylation sites (tertiary alicyclic amines) is 1. The number of allylic oxidation sites excluding steroid dienone is 2. The van der Waals surface area contributed by atoms with Crippen LogP contribution in [0.1, 0.15) is 36.9 Å². The fourth-order valence-corrected chi connectivity index (χ4v) is 2.57. The summed E-state index contributed by atoms with van der Waals surface area (Å²) in [4.78, 5) is 6.47. The monoisotopic (exact) mass is 279 g/mol. The van der Waals surface area contributed by atoms with Gasteiger partial charge in [0.25, 0.3) is 0 Å². The van der Waals surface area contributed by atoms with Gasteiger partial charge >= 0.3 is 0 Å². The summed E-state index contributed by atoms with van der Waals surface area (Å²) >= 11 is 0. The van der Waals surface area contributed by atoms with E-state index in [9.17, 15) is 0 Å². The van der Waals surface area contributed by atoms with Gasteiger partial charge < -0.3 is 0 Å². The average Bonchev–Trinajstić information content (AvgIpc) is 3.06. The largest absolute Gasteiger partial charge is 0.297 e. The molecular formula is C18H21N3. The van der Waals surface area contributed by atoms with Crippen molar-refractivity contribution in [2.75, 3.05) is 13.1 Å². The normalized spacial score (nSPS) is 16.8. The average molecular weight is 279 g/mol. The van der Waals surface area contributed by atoms with E-state index in [0.29, 0.717) is 6.04 Å². The summed E-state index contributed by atoms with van der Waals surface area (Å²) in [7, 11) is 0. The summed E-state index contributed by atoms with van der Waals surface area (Å²) in [5.74, 6) is 0. The van der Waals surface area contributed by atoms with Gasteiger partial charge in [0.05, 0.1) is 0 Å². The Morgan fingerprint density at radius 2 is 1.90 bits per heavy atom. The molecule has 3 heteroatoms. The van der Waals surface area contributed by atoms with E-state index in [4.69, 9.17) is 5.26 Å². The number of nitrogens with zero attached hydrogens (tertiary/aromatic N) is 3. The van der Waals surface area contributed by atoms with Gasteiger partial charge in [-0.1, -0.05) is 37.4 Å². The van der Waals surface area contributed by atoms with Gasteiger partial charge in [-0.25, -0.2) is 4.99 Å². The molecule has 1 fully saturated rings. The summed E-state index contributed by atoms with van der Waals surface area (Å²) in [5, 5.41) is 8.62. The minimum atomic E-state index is 0.190. The minimum absolute atomic E-state index is 0.190. The molecule has 0 saturated carbocycles. The van der Waals surface area contributed by atoms with Crippen LogP contribution in [0.5, 0.6) is 0 Å². The number of rotatable bonds is 5. The van der Waals surface area contributed by atoms with Crippen LogP contribution < -0.4 is 0 Å². The lowest BCUT2D eigenvalue weighted by Crippen LogP contribution is -2.23. The predicted octanol–water partition coefficient (Wildman–Crippen LogP) is 3.96. The number of nitriles is 1. The molecule has 1 aromatic carbocycles. The van der Waals surface area contributed by atoms with E-state index < -0.39 is 0 Å². The summed E-state index contributed by atoms with van der Waals surface area (Å²) in [6.07, 6.45) is 4.20. The first kappa shape index (κ1) is 15.2. The lowest BCUT2D eigenvalue weighted by molar-refractivity contribution is 0.263. The highest BCUT2D eigenvalue weighted by atomic mass is 15.2. The van der Waals surface area contributed by atoms with Gasteiger partial charge in [-0.3, -0.25) is 4.90 Å². The van der Waals surface area contributed by atoms with E-state index in [0.717, 1.165) is 11.1 Å². The third-order valence-electron chi connectivity index (χ3n) is 3.96. The Labute approximate surface area is 126 Å². The molecule has 1 unspecified atom stereocenters. The summed E-state index contributed by atoms with van der Waals surface area (Å²) in [6, 6.07) is 10.8. The molecule has 1 heterocycles. The second kappa shape index (κ2) is 7.01. The van der Waals surface area contributed by atoms with E-state index in [1.54, 1.807) is 6.21 Å². The maximum Gasteiger partial charge on any atom is 0.133 e. The van der Waals surface area contributed by atoms with E-state index in [1.807, 2.05) is 6.07 Å². The molecule has 1 aliphatic rings. The maximum atomic E-state index is 8.62. The number of benzene rings is 1. The summed E-state index contributed by atoms with van der Waals surface area (Å²) in [6.45, 7) is 12.1. The van der Waals surface area contributed by atoms with Crippen LogP contribution in [-0.4, -0.2) is 24.2 Å². The first-order valence-electron chi connectivity index (χ1n) is 7.28. The second-order valence-electron chi connectivity index (χ2n) is 5.38. The quantitative estimate of drug-likeness (QED) is 0.604. The molecule has 0 aliphatic carbocycles. The fraction of sp³-hybridized carbons (Fsp3) is 0.333. The van der Waals surface area contributed by atoms with Crippen LogP contribution in [0.4, 0.5) is 0 Å². The molecule has 0 aromatic heterocycles. The van der Waals surface area contributed by atoms with Gasteiger partial charge in [0.15, 0.2) is 0 Å². The van der Waals surface area contributed by atoms with Crippen molar-refractivity contribution in [2.24, 2.45) is 4.99 Å². The van der Waals surface area contributed by atoms with Crippen LogP contribution >= 0.6 is 0 Å². The molecule has 1 atom stereocenters. The van der Waals surface area contributed by atoms with Crippen molar-refractivity contribution < 1.29 is 0 Å². The topological polar surface area (TPSA) is 39.4 Å². The van der Waals surface area contributed by atoms with Gasteiger partial charge in [-0.05, 0) is 49.6 Å². The van der Waals surface area contributed by atoms with Gasteiger partial charge in [0.1, 0.15) is 11.8 Å². The lowest BCUT2D eigenvalue weighted by Gasteiger charge is -2.24. The molecular weight excluding hydrogens is 258 g/mol. The fourth-order valence-electron chi connectivity index (χ4n) is 2.57. The van der Waals surface area contributed by atoms with Gasteiger partial charge in [0, 0.05) is 12.3 Å². The summed E-state index contributed by atoms with van der Waals surface area (Å²) in [5.41, 5.74) is 3.32. The zero-order valence-electron chi connectivity index (χ0n) is 12.5. The lowest BCUT2D eigenvalue weighted by atomic mass is 10.0. The molecule has 3 nitrogen and oxygen atoms in total. The van der Waals surface area contributed by atoms with Crippen LogP contribution in [0.3, 0.4) is 0 Å². The van der Waals surface area contributed by atoms with E-state index in [2.05, 4.69) is 54.2 Å². The Kier molecular flexibility index (Phi) is 5.08. The molecule has 1 saturated heterocycles. The van der Waals surface area contributed by atoms with Crippen molar-refractivity contribution in [3.63, 3.8) is 0 Å². The van der Waals surface area contributed by atoms with E-state index in [-0.39, 0.29) is 5.70 Å². The van der Waals surface area contributed by atoms with E-state index in [1.165, 1.54) is 31.5 Å². The van der Waals surface area contributed by atoms with Crippen LogP contribution in [0.25, 0.3) is 5.57 Å². The van der Waals surface area contributed by atoms with Crippen LogP contribution in [0, 0.1) is 11.3 Å². The summed E-state index contributed by atoms with van der Waals surface area (Å²) < 4.78 is 0. The zero-order chi connectivity index (χ0) is 15.2. The van der Waals surface area contributed by atoms with Crippen molar-refractivity contribution in [1.29, 1.82) is 5.26 Å². The Morgan fingerprint density at radius 1 is 1.29 bits per heavy atom. The van der Waals surface area contributed by atoms with Crippen molar-refractivity contribution >= 4 is 11.8 Å². The van der Waals surface area contributed by atoms with Crippen molar-refractivity contribution in [1.82, 2.24) is 4.90 Å². The smallest absolute Gasteiger partial charge is 0.133 e. The van der Waals surface area contributed by atoms with Gasteiger partial charge in [0.2, 0.25) is 0 Å². The van der Waals surface area contributed by atoms with Crippen LogP contribution in [0.15, 0.2) is 48.1 Å². The molecule has 0 spiro atoms. The molecule has 0 bridgehead atoms. The highest BCUT2D eigenvalue weighted by molar-refractivity contribution is 6.09. The molecule has 0 N–H and O–H groups in total. The minimum Gasteiger partial charge on any atom is -0.297 e. The Bertz CT molecular complexity index is 584. The van der Waals surface area contributed by atoms with E-state index >= 15 is 0 Å². The molecule has 2 rings (SSSR count). The zero-order valence-corrected chi connectivity index (χ0v) is 12.5. The van der Waals surface area contributed by atoms with Crippen LogP contribution in [-0.2, 0) is 0 Å². The number of hydrogen-bond donors (Lipinski definition) is 0. The molecule has 0 amide bonds.